The first kappa shape index (κ1) is 14.2. The van der Waals surface area contributed by atoms with Crippen molar-refractivity contribution in [1.29, 1.82) is 0 Å². The maximum atomic E-state index is 5.39. The van der Waals surface area contributed by atoms with Crippen LogP contribution in [-0.2, 0) is 0 Å². The zero-order valence-corrected chi connectivity index (χ0v) is 12.0. The second-order valence-electron chi connectivity index (χ2n) is 4.99. The second kappa shape index (κ2) is 6.78. The number of hydrogen-bond acceptors (Lipinski definition) is 4. The molecule has 1 saturated heterocycles. The molecule has 0 aromatic heterocycles. The summed E-state index contributed by atoms with van der Waals surface area (Å²) in [5.74, 6) is 2.20. The molecule has 2 N–H and O–H groups in total. The summed E-state index contributed by atoms with van der Waals surface area (Å²) in [6, 6.07) is 6.54. The van der Waals surface area contributed by atoms with Gasteiger partial charge in [0.25, 0.3) is 0 Å². The first-order valence-corrected chi connectivity index (χ1v) is 6.90. The number of benzene rings is 1. The maximum Gasteiger partial charge on any atom is 0.161 e. The molecule has 1 aromatic rings. The van der Waals surface area contributed by atoms with E-state index in [-0.39, 0.29) is 0 Å². The van der Waals surface area contributed by atoms with Crippen molar-refractivity contribution in [2.45, 2.75) is 18.9 Å². The Labute approximate surface area is 115 Å². The van der Waals surface area contributed by atoms with Gasteiger partial charge < -0.3 is 20.1 Å². The highest BCUT2D eigenvalue weighted by molar-refractivity contribution is 5.44. The van der Waals surface area contributed by atoms with Gasteiger partial charge in [-0.15, -0.1) is 0 Å². The Morgan fingerprint density at radius 1 is 1.26 bits per heavy atom. The summed E-state index contributed by atoms with van der Waals surface area (Å²) in [4.78, 5) is 0. The molecule has 4 nitrogen and oxygen atoms in total. The molecule has 4 heteroatoms. The van der Waals surface area contributed by atoms with Gasteiger partial charge in [-0.2, -0.15) is 0 Å². The first-order valence-electron chi connectivity index (χ1n) is 6.90. The minimum atomic E-state index is 0.354. The van der Waals surface area contributed by atoms with Gasteiger partial charge >= 0.3 is 0 Å². The van der Waals surface area contributed by atoms with Crippen LogP contribution in [0.5, 0.6) is 11.5 Å². The molecule has 0 saturated carbocycles. The van der Waals surface area contributed by atoms with Crippen molar-refractivity contribution < 1.29 is 9.47 Å². The third-order valence-electron chi connectivity index (χ3n) is 3.88. The smallest absolute Gasteiger partial charge is 0.161 e. The standard InChI is InChI=1S/C15H24N2O2/c1-16-15(12-5-4-8-17-10-12)11-6-7-13(18-2)14(9-11)19-3/h6-7,9,12,15-17H,4-5,8,10H2,1-3H3. The molecular formula is C15H24N2O2. The van der Waals surface area contributed by atoms with E-state index >= 15 is 0 Å². The summed E-state index contributed by atoms with van der Waals surface area (Å²) in [7, 11) is 5.37. The molecule has 0 bridgehead atoms. The van der Waals surface area contributed by atoms with Crippen LogP contribution in [0.1, 0.15) is 24.4 Å². The predicted octanol–water partition coefficient (Wildman–Crippen LogP) is 1.96. The minimum Gasteiger partial charge on any atom is -0.493 e. The van der Waals surface area contributed by atoms with Gasteiger partial charge in [-0.05, 0) is 56.6 Å². The molecule has 0 aliphatic carbocycles. The topological polar surface area (TPSA) is 42.5 Å². The molecule has 1 aromatic carbocycles. The van der Waals surface area contributed by atoms with Crippen LogP contribution in [0, 0.1) is 5.92 Å². The summed E-state index contributed by atoms with van der Waals surface area (Å²) < 4.78 is 10.7. The Balaban J connectivity index is 2.22. The summed E-state index contributed by atoms with van der Waals surface area (Å²) in [6.45, 7) is 2.21. The Morgan fingerprint density at radius 3 is 2.63 bits per heavy atom. The van der Waals surface area contributed by atoms with E-state index in [0.717, 1.165) is 24.6 Å². The van der Waals surface area contributed by atoms with Crippen molar-refractivity contribution in [2.75, 3.05) is 34.4 Å². The maximum absolute atomic E-state index is 5.39. The van der Waals surface area contributed by atoms with E-state index in [2.05, 4.69) is 22.8 Å². The molecule has 0 radical (unpaired) electrons. The van der Waals surface area contributed by atoms with Gasteiger partial charge in [-0.1, -0.05) is 6.07 Å². The zero-order valence-electron chi connectivity index (χ0n) is 12.0. The molecule has 0 spiro atoms. The van der Waals surface area contributed by atoms with E-state index in [0.29, 0.717) is 12.0 Å². The van der Waals surface area contributed by atoms with Gasteiger partial charge in [-0.25, -0.2) is 0 Å². The van der Waals surface area contributed by atoms with E-state index in [4.69, 9.17) is 9.47 Å². The molecule has 19 heavy (non-hydrogen) atoms. The van der Waals surface area contributed by atoms with Crippen molar-refractivity contribution in [2.24, 2.45) is 5.92 Å². The molecule has 1 fully saturated rings. The molecule has 1 heterocycles. The molecule has 1 aliphatic heterocycles. The summed E-state index contributed by atoms with van der Waals surface area (Å²) in [6.07, 6.45) is 2.50. The van der Waals surface area contributed by atoms with E-state index < -0.39 is 0 Å². The van der Waals surface area contributed by atoms with Crippen LogP contribution in [0.2, 0.25) is 0 Å². The molecule has 106 valence electrons. The Morgan fingerprint density at radius 2 is 2.05 bits per heavy atom. The lowest BCUT2D eigenvalue weighted by Crippen LogP contribution is -2.37. The fourth-order valence-corrected chi connectivity index (χ4v) is 2.88. The Hall–Kier alpha value is -1.26. The predicted molar refractivity (Wildman–Crippen MR) is 76.9 cm³/mol. The number of nitrogens with one attached hydrogen (secondary N) is 2. The molecule has 2 atom stereocenters. The average molecular weight is 264 g/mol. The highest BCUT2D eigenvalue weighted by Gasteiger charge is 2.24. The van der Waals surface area contributed by atoms with Crippen molar-refractivity contribution in [3.8, 4) is 11.5 Å². The van der Waals surface area contributed by atoms with E-state index in [1.54, 1.807) is 14.2 Å². The normalized spacial score (nSPS) is 20.9. The quantitative estimate of drug-likeness (QED) is 0.853. The lowest BCUT2D eigenvalue weighted by molar-refractivity contribution is 0.296. The lowest BCUT2D eigenvalue weighted by Gasteiger charge is -2.31. The average Bonchev–Trinajstić information content (AvgIpc) is 2.49. The molecule has 1 aliphatic rings. The summed E-state index contributed by atoms with van der Waals surface area (Å²) in [5, 5.41) is 6.92. The van der Waals surface area contributed by atoms with Crippen LogP contribution in [0.3, 0.4) is 0 Å². The van der Waals surface area contributed by atoms with Gasteiger partial charge in [-0.3, -0.25) is 0 Å². The molecule has 0 amide bonds. The zero-order chi connectivity index (χ0) is 13.7. The van der Waals surface area contributed by atoms with Gasteiger partial charge in [0, 0.05) is 6.04 Å². The van der Waals surface area contributed by atoms with Crippen molar-refractivity contribution in [3.63, 3.8) is 0 Å². The first-order chi connectivity index (χ1) is 9.30. The number of methoxy groups -OCH3 is 2. The van der Waals surface area contributed by atoms with Gasteiger partial charge in [0.15, 0.2) is 11.5 Å². The molecular weight excluding hydrogens is 240 g/mol. The van der Waals surface area contributed by atoms with Crippen molar-refractivity contribution in [1.82, 2.24) is 10.6 Å². The third-order valence-corrected chi connectivity index (χ3v) is 3.88. The summed E-state index contributed by atoms with van der Waals surface area (Å²) in [5.41, 5.74) is 1.26. The Kier molecular flexibility index (Phi) is 5.05. The SMILES string of the molecule is CNC(c1ccc(OC)c(OC)c1)C1CCCNC1. The van der Waals surface area contributed by atoms with Gasteiger partial charge in [0.1, 0.15) is 0 Å². The molecule has 2 rings (SSSR count). The highest BCUT2D eigenvalue weighted by atomic mass is 16.5. The number of rotatable bonds is 5. The van der Waals surface area contributed by atoms with Crippen LogP contribution >= 0.6 is 0 Å². The monoisotopic (exact) mass is 264 g/mol. The largest absolute Gasteiger partial charge is 0.493 e. The number of ether oxygens (including phenoxy) is 2. The van der Waals surface area contributed by atoms with E-state index in [1.165, 1.54) is 18.4 Å². The molecule has 2 unspecified atom stereocenters. The summed E-state index contributed by atoms with van der Waals surface area (Å²) >= 11 is 0. The van der Waals surface area contributed by atoms with Gasteiger partial charge in [0.05, 0.1) is 14.2 Å². The van der Waals surface area contributed by atoms with Crippen LogP contribution < -0.4 is 20.1 Å². The minimum absolute atomic E-state index is 0.354. The van der Waals surface area contributed by atoms with Crippen molar-refractivity contribution in [3.05, 3.63) is 23.8 Å². The third kappa shape index (κ3) is 3.19. The number of hydrogen-bond donors (Lipinski definition) is 2. The Bertz CT molecular complexity index is 403. The highest BCUT2D eigenvalue weighted by Crippen LogP contribution is 2.33. The fourth-order valence-electron chi connectivity index (χ4n) is 2.88. The van der Waals surface area contributed by atoms with Crippen LogP contribution in [0.15, 0.2) is 18.2 Å². The van der Waals surface area contributed by atoms with Crippen LogP contribution in [0.25, 0.3) is 0 Å². The second-order valence-corrected chi connectivity index (χ2v) is 4.99. The van der Waals surface area contributed by atoms with Crippen LogP contribution in [0.4, 0.5) is 0 Å². The lowest BCUT2D eigenvalue weighted by atomic mass is 9.87. The van der Waals surface area contributed by atoms with Crippen molar-refractivity contribution >= 4 is 0 Å². The fraction of sp³-hybridized carbons (Fsp3) is 0.600. The number of piperidine rings is 1. The van der Waals surface area contributed by atoms with Gasteiger partial charge in [0.2, 0.25) is 0 Å². The van der Waals surface area contributed by atoms with E-state index in [1.807, 2.05) is 13.1 Å². The van der Waals surface area contributed by atoms with Crippen LogP contribution in [-0.4, -0.2) is 34.4 Å². The van der Waals surface area contributed by atoms with E-state index in [9.17, 15) is 0 Å².